The maximum atomic E-state index is 10.7. The maximum Gasteiger partial charge on any atom is 0.214 e. The zero-order chi connectivity index (χ0) is 7.56. The number of hydrogen-bond acceptors (Lipinski definition) is 2. The van der Waals surface area contributed by atoms with Gasteiger partial charge in [-0.2, -0.15) is 0 Å². The lowest BCUT2D eigenvalue weighted by atomic mass is 10.2. The molecule has 3 heteroatoms. The third kappa shape index (κ3) is 1.64. The highest BCUT2D eigenvalue weighted by Gasteiger charge is 2.06. The Hall–Kier alpha value is -0.700. The topological polar surface area (TPSA) is 20.3 Å². The summed E-state index contributed by atoms with van der Waals surface area (Å²) in [6.07, 6.45) is 6.34. The Bertz CT molecular complexity index is 208. The summed E-state index contributed by atoms with van der Waals surface area (Å²) in [5, 5.41) is -0.142. The van der Waals surface area contributed by atoms with Gasteiger partial charge in [0, 0.05) is 18.8 Å². The van der Waals surface area contributed by atoms with Gasteiger partial charge in [0.2, 0.25) is 5.12 Å². The van der Waals surface area contributed by atoms with Crippen LogP contribution in [0.25, 0.3) is 0 Å². The first-order valence-corrected chi connectivity index (χ1v) is 3.47. The zero-order valence-electron chi connectivity index (χ0n) is 5.74. The van der Waals surface area contributed by atoms with Crippen LogP contribution in [0.2, 0.25) is 0 Å². The summed E-state index contributed by atoms with van der Waals surface area (Å²) >= 11 is 3.71. The number of nitrogens with zero attached hydrogens (tertiary/aromatic N) is 1. The molecular weight excluding hydrogens is 146 g/mol. The first-order valence-electron chi connectivity index (χ1n) is 3.03. The van der Waals surface area contributed by atoms with Crippen LogP contribution in [-0.2, 0) is 4.79 Å². The molecule has 1 heterocycles. The molecule has 1 rings (SSSR count). The average molecular weight is 155 g/mol. The molecule has 0 radical (unpaired) electrons. The highest BCUT2D eigenvalue weighted by atomic mass is 32.1. The van der Waals surface area contributed by atoms with Crippen molar-refractivity contribution < 1.29 is 4.79 Å². The fourth-order valence-electron chi connectivity index (χ4n) is 0.830. The van der Waals surface area contributed by atoms with E-state index in [1.165, 1.54) is 0 Å². The van der Waals surface area contributed by atoms with Crippen LogP contribution < -0.4 is 0 Å². The van der Waals surface area contributed by atoms with E-state index in [0.717, 1.165) is 5.57 Å². The minimum Gasteiger partial charge on any atom is -0.357 e. The molecule has 0 aromatic heterocycles. The summed E-state index contributed by atoms with van der Waals surface area (Å²) in [6.45, 7) is 0. The maximum absolute atomic E-state index is 10.7. The van der Waals surface area contributed by atoms with Crippen LogP contribution in [-0.4, -0.2) is 17.1 Å². The van der Waals surface area contributed by atoms with E-state index in [9.17, 15) is 4.79 Å². The summed E-state index contributed by atoms with van der Waals surface area (Å²) in [4.78, 5) is 12.5. The van der Waals surface area contributed by atoms with Gasteiger partial charge in [-0.15, -0.1) is 12.6 Å². The van der Waals surface area contributed by atoms with Crippen LogP contribution in [0.1, 0.15) is 6.42 Å². The van der Waals surface area contributed by atoms with Crippen LogP contribution in [0.15, 0.2) is 24.0 Å². The van der Waals surface area contributed by atoms with Crippen LogP contribution >= 0.6 is 12.6 Å². The second-order valence-corrected chi connectivity index (χ2v) is 2.62. The lowest BCUT2D eigenvalue weighted by Crippen LogP contribution is -2.08. The van der Waals surface area contributed by atoms with Gasteiger partial charge in [0.05, 0.1) is 0 Å². The van der Waals surface area contributed by atoms with Crippen molar-refractivity contribution in [3.63, 3.8) is 0 Å². The molecule has 0 fully saturated rings. The number of hydrogen-bond donors (Lipinski definition) is 1. The van der Waals surface area contributed by atoms with E-state index < -0.39 is 0 Å². The molecule has 0 amide bonds. The third-order valence-corrected chi connectivity index (χ3v) is 1.60. The first kappa shape index (κ1) is 7.41. The number of thiol groups is 1. The van der Waals surface area contributed by atoms with E-state index in [1.807, 2.05) is 24.2 Å². The van der Waals surface area contributed by atoms with Crippen LogP contribution in [0.3, 0.4) is 0 Å². The Kier molecular flexibility index (Phi) is 2.17. The van der Waals surface area contributed by atoms with Crippen molar-refractivity contribution in [3.05, 3.63) is 24.0 Å². The van der Waals surface area contributed by atoms with Crippen molar-refractivity contribution in [2.75, 3.05) is 7.05 Å². The van der Waals surface area contributed by atoms with E-state index in [2.05, 4.69) is 12.6 Å². The van der Waals surface area contributed by atoms with E-state index in [1.54, 1.807) is 6.20 Å². The zero-order valence-corrected chi connectivity index (χ0v) is 6.64. The highest BCUT2D eigenvalue weighted by molar-refractivity contribution is 7.97. The summed E-state index contributed by atoms with van der Waals surface area (Å²) < 4.78 is 0. The Balaban J connectivity index is 2.71. The molecule has 0 aliphatic carbocycles. The number of carbonyl (C=O) groups is 1. The summed E-state index contributed by atoms with van der Waals surface area (Å²) in [7, 11) is 1.88. The Morgan fingerprint density at radius 3 is 2.90 bits per heavy atom. The SMILES string of the molecule is CN1C=CCC(C(=O)S)=C1. The van der Waals surface area contributed by atoms with Gasteiger partial charge in [-0.25, -0.2) is 0 Å². The summed E-state index contributed by atoms with van der Waals surface area (Å²) in [5.41, 5.74) is 0.744. The number of carbonyl (C=O) groups excluding carboxylic acids is 1. The molecule has 0 aromatic carbocycles. The number of allylic oxidation sites excluding steroid dienone is 1. The van der Waals surface area contributed by atoms with Gasteiger partial charge in [-0.1, -0.05) is 6.08 Å². The van der Waals surface area contributed by atoms with Crippen molar-refractivity contribution in [2.24, 2.45) is 0 Å². The fourth-order valence-corrected chi connectivity index (χ4v) is 0.979. The lowest BCUT2D eigenvalue weighted by Gasteiger charge is -2.13. The molecule has 2 nitrogen and oxygen atoms in total. The average Bonchev–Trinajstić information content (AvgIpc) is 1.88. The highest BCUT2D eigenvalue weighted by Crippen LogP contribution is 2.12. The van der Waals surface area contributed by atoms with Gasteiger partial charge >= 0.3 is 0 Å². The minimum atomic E-state index is -0.142. The third-order valence-electron chi connectivity index (χ3n) is 1.31. The van der Waals surface area contributed by atoms with Crippen molar-refractivity contribution in [1.29, 1.82) is 0 Å². The summed E-state index contributed by atoms with van der Waals surface area (Å²) in [6, 6.07) is 0. The molecule has 0 bridgehead atoms. The molecule has 0 spiro atoms. The predicted octanol–water partition coefficient (Wildman–Crippen LogP) is 1.18. The molecule has 0 atom stereocenters. The van der Waals surface area contributed by atoms with Crippen LogP contribution in [0.5, 0.6) is 0 Å². The fraction of sp³-hybridized carbons (Fsp3) is 0.286. The first-order chi connectivity index (χ1) is 4.70. The molecule has 0 saturated carbocycles. The van der Waals surface area contributed by atoms with Crippen molar-refractivity contribution in [3.8, 4) is 0 Å². The van der Waals surface area contributed by atoms with Crippen molar-refractivity contribution in [2.45, 2.75) is 6.42 Å². The standard InChI is InChI=1S/C7H9NOS/c1-8-4-2-3-6(5-8)7(9)10/h2,4-5H,3H2,1H3,(H,9,10). The largest absolute Gasteiger partial charge is 0.357 e. The predicted molar refractivity (Wildman–Crippen MR) is 43.6 cm³/mol. The molecule has 0 aromatic rings. The Morgan fingerprint density at radius 1 is 1.80 bits per heavy atom. The van der Waals surface area contributed by atoms with Crippen molar-refractivity contribution in [1.82, 2.24) is 4.90 Å². The van der Waals surface area contributed by atoms with Gasteiger partial charge in [-0.3, -0.25) is 4.79 Å². The molecular formula is C7H9NOS. The van der Waals surface area contributed by atoms with Gasteiger partial charge in [-0.05, 0) is 12.6 Å². The Labute approximate surface area is 65.6 Å². The van der Waals surface area contributed by atoms with Gasteiger partial charge < -0.3 is 4.90 Å². The normalized spacial score (nSPS) is 17.0. The second kappa shape index (κ2) is 2.92. The lowest BCUT2D eigenvalue weighted by molar-refractivity contribution is -0.107. The molecule has 0 saturated heterocycles. The Morgan fingerprint density at radius 2 is 2.50 bits per heavy atom. The van der Waals surface area contributed by atoms with E-state index in [0.29, 0.717) is 6.42 Å². The minimum absolute atomic E-state index is 0.142. The van der Waals surface area contributed by atoms with E-state index in [4.69, 9.17) is 0 Å². The van der Waals surface area contributed by atoms with Gasteiger partial charge in [0.1, 0.15) is 0 Å². The van der Waals surface area contributed by atoms with Crippen LogP contribution in [0, 0.1) is 0 Å². The molecule has 1 aliphatic heterocycles. The van der Waals surface area contributed by atoms with Gasteiger partial charge in [0.25, 0.3) is 0 Å². The van der Waals surface area contributed by atoms with Crippen LogP contribution in [0.4, 0.5) is 0 Å². The number of rotatable bonds is 1. The van der Waals surface area contributed by atoms with Gasteiger partial charge in [0.15, 0.2) is 0 Å². The molecule has 1 aliphatic rings. The quantitative estimate of drug-likeness (QED) is 0.574. The molecule has 0 N–H and O–H groups in total. The van der Waals surface area contributed by atoms with Crippen molar-refractivity contribution >= 4 is 17.7 Å². The second-order valence-electron chi connectivity index (χ2n) is 2.21. The summed E-state index contributed by atoms with van der Waals surface area (Å²) in [5.74, 6) is 0. The monoisotopic (exact) mass is 155 g/mol. The molecule has 0 unspecified atom stereocenters. The molecule has 10 heavy (non-hydrogen) atoms. The molecule has 54 valence electrons. The van der Waals surface area contributed by atoms with E-state index >= 15 is 0 Å². The smallest absolute Gasteiger partial charge is 0.214 e. The van der Waals surface area contributed by atoms with E-state index in [-0.39, 0.29) is 5.12 Å².